The fourth-order valence-corrected chi connectivity index (χ4v) is 2.39. The molecule has 0 aliphatic heterocycles. The molecule has 2 amide bonds. The van der Waals surface area contributed by atoms with E-state index in [-0.39, 0.29) is 18.0 Å². The molecule has 4 atom stereocenters. The van der Waals surface area contributed by atoms with Crippen LogP contribution in [-0.4, -0.2) is 29.2 Å². The molecule has 3 unspecified atom stereocenters. The normalized spacial score (nSPS) is 26.4. The number of carbonyl (C=O) groups excluding carboxylic acids is 1. The van der Waals surface area contributed by atoms with Gasteiger partial charge in [0, 0.05) is 6.04 Å². The third-order valence-electron chi connectivity index (χ3n) is 3.80. The number of rotatable bonds is 5. The SMILES string of the molecule is CCC(C)[C@H](NC(=O)NC1CCC(C)C1)C(=O)O. The smallest absolute Gasteiger partial charge is 0.326 e. The highest BCUT2D eigenvalue weighted by atomic mass is 16.4. The molecule has 0 radical (unpaired) electrons. The second kappa shape index (κ2) is 6.61. The minimum absolute atomic E-state index is 0.0734. The zero-order valence-corrected chi connectivity index (χ0v) is 11.4. The largest absolute Gasteiger partial charge is 0.480 e. The molecule has 0 saturated heterocycles. The van der Waals surface area contributed by atoms with Gasteiger partial charge in [-0.1, -0.05) is 27.2 Å². The molecule has 1 rings (SSSR count). The molecular formula is C13H24N2O3. The summed E-state index contributed by atoms with van der Waals surface area (Å²) in [4.78, 5) is 22.8. The van der Waals surface area contributed by atoms with Gasteiger partial charge < -0.3 is 15.7 Å². The zero-order valence-electron chi connectivity index (χ0n) is 11.4. The van der Waals surface area contributed by atoms with Crippen molar-refractivity contribution in [1.29, 1.82) is 0 Å². The molecule has 1 aliphatic carbocycles. The number of carboxylic acid groups (broad SMARTS) is 1. The third kappa shape index (κ3) is 4.20. The van der Waals surface area contributed by atoms with Crippen LogP contribution in [0.4, 0.5) is 4.79 Å². The summed E-state index contributed by atoms with van der Waals surface area (Å²) in [5.41, 5.74) is 0. The number of urea groups is 1. The number of hydrogen-bond donors (Lipinski definition) is 3. The Morgan fingerprint density at radius 2 is 2.06 bits per heavy atom. The highest BCUT2D eigenvalue weighted by Gasteiger charge is 2.27. The van der Waals surface area contributed by atoms with Crippen molar-refractivity contribution in [3.63, 3.8) is 0 Å². The van der Waals surface area contributed by atoms with Crippen LogP contribution in [0.15, 0.2) is 0 Å². The van der Waals surface area contributed by atoms with Crippen LogP contribution in [0.3, 0.4) is 0 Å². The monoisotopic (exact) mass is 256 g/mol. The molecule has 104 valence electrons. The Bertz CT molecular complexity index is 307. The third-order valence-corrected chi connectivity index (χ3v) is 3.80. The molecule has 0 heterocycles. The van der Waals surface area contributed by atoms with Gasteiger partial charge in [0.25, 0.3) is 0 Å². The van der Waals surface area contributed by atoms with E-state index in [0.717, 1.165) is 25.7 Å². The number of hydrogen-bond acceptors (Lipinski definition) is 2. The minimum atomic E-state index is -0.973. The number of carbonyl (C=O) groups is 2. The summed E-state index contributed by atoms with van der Waals surface area (Å²) in [5, 5.41) is 14.5. The lowest BCUT2D eigenvalue weighted by atomic mass is 9.99. The molecular weight excluding hydrogens is 232 g/mol. The highest BCUT2D eigenvalue weighted by molar-refractivity contribution is 5.82. The number of nitrogens with one attached hydrogen (secondary N) is 2. The van der Waals surface area contributed by atoms with E-state index in [2.05, 4.69) is 17.6 Å². The van der Waals surface area contributed by atoms with Crippen molar-refractivity contribution >= 4 is 12.0 Å². The van der Waals surface area contributed by atoms with Gasteiger partial charge in [-0.3, -0.25) is 0 Å². The molecule has 1 aliphatic rings. The summed E-state index contributed by atoms with van der Waals surface area (Å²) < 4.78 is 0. The lowest BCUT2D eigenvalue weighted by molar-refractivity contribution is -0.140. The Hall–Kier alpha value is -1.26. The second-order valence-electron chi connectivity index (χ2n) is 5.43. The van der Waals surface area contributed by atoms with Crippen LogP contribution in [-0.2, 0) is 4.79 Å². The Morgan fingerprint density at radius 3 is 2.50 bits per heavy atom. The van der Waals surface area contributed by atoms with E-state index >= 15 is 0 Å². The summed E-state index contributed by atoms with van der Waals surface area (Å²) >= 11 is 0. The lowest BCUT2D eigenvalue weighted by Crippen LogP contribution is -2.51. The van der Waals surface area contributed by atoms with Gasteiger partial charge >= 0.3 is 12.0 Å². The van der Waals surface area contributed by atoms with E-state index in [4.69, 9.17) is 5.11 Å². The molecule has 18 heavy (non-hydrogen) atoms. The van der Waals surface area contributed by atoms with Gasteiger partial charge in [0.2, 0.25) is 0 Å². The molecule has 0 spiro atoms. The summed E-state index contributed by atoms with van der Waals surface area (Å²) in [6.45, 7) is 5.91. The number of amides is 2. The maximum absolute atomic E-state index is 11.8. The Balaban J connectivity index is 2.44. The fourth-order valence-electron chi connectivity index (χ4n) is 2.39. The average Bonchev–Trinajstić information content (AvgIpc) is 2.70. The topological polar surface area (TPSA) is 78.4 Å². The predicted molar refractivity (Wildman–Crippen MR) is 69.3 cm³/mol. The maximum atomic E-state index is 11.8. The van der Waals surface area contributed by atoms with Crippen molar-refractivity contribution < 1.29 is 14.7 Å². The van der Waals surface area contributed by atoms with Crippen LogP contribution in [0.5, 0.6) is 0 Å². The van der Waals surface area contributed by atoms with Gasteiger partial charge in [-0.05, 0) is 31.1 Å². The van der Waals surface area contributed by atoms with Crippen molar-refractivity contribution in [3.05, 3.63) is 0 Å². The molecule has 0 aromatic heterocycles. The maximum Gasteiger partial charge on any atom is 0.326 e. The number of aliphatic carboxylic acids is 1. The average molecular weight is 256 g/mol. The quantitative estimate of drug-likeness (QED) is 0.703. The van der Waals surface area contributed by atoms with Gasteiger partial charge in [-0.15, -0.1) is 0 Å². The first kappa shape index (κ1) is 14.8. The molecule has 0 aromatic carbocycles. The Kier molecular flexibility index (Phi) is 5.44. The van der Waals surface area contributed by atoms with Crippen molar-refractivity contribution in [2.75, 3.05) is 0 Å². The summed E-state index contributed by atoms with van der Waals surface area (Å²) in [6.07, 6.45) is 3.81. The van der Waals surface area contributed by atoms with Gasteiger partial charge in [0.1, 0.15) is 6.04 Å². The fraction of sp³-hybridized carbons (Fsp3) is 0.846. The number of carboxylic acids is 1. The van der Waals surface area contributed by atoms with Crippen LogP contribution in [0.2, 0.25) is 0 Å². The van der Waals surface area contributed by atoms with Crippen LogP contribution < -0.4 is 10.6 Å². The summed E-state index contributed by atoms with van der Waals surface area (Å²) in [5.74, 6) is -0.407. The van der Waals surface area contributed by atoms with Crippen LogP contribution in [0.25, 0.3) is 0 Å². The van der Waals surface area contributed by atoms with E-state index in [1.807, 2.05) is 13.8 Å². The Morgan fingerprint density at radius 1 is 1.39 bits per heavy atom. The lowest BCUT2D eigenvalue weighted by Gasteiger charge is -2.22. The molecule has 3 N–H and O–H groups in total. The van der Waals surface area contributed by atoms with E-state index in [0.29, 0.717) is 5.92 Å². The van der Waals surface area contributed by atoms with Crippen molar-refractivity contribution in [2.24, 2.45) is 11.8 Å². The zero-order chi connectivity index (χ0) is 13.7. The second-order valence-corrected chi connectivity index (χ2v) is 5.43. The molecule has 5 heteroatoms. The predicted octanol–water partition coefficient (Wildman–Crippen LogP) is 1.97. The van der Waals surface area contributed by atoms with Crippen molar-refractivity contribution in [2.45, 2.75) is 58.5 Å². The molecule has 1 saturated carbocycles. The summed E-state index contributed by atoms with van der Waals surface area (Å²) in [7, 11) is 0. The van der Waals surface area contributed by atoms with Crippen molar-refractivity contribution in [1.82, 2.24) is 10.6 Å². The first-order valence-electron chi connectivity index (χ1n) is 6.73. The standard InChI is InChI=1S/C13H24N2O3/c1-4-9(3)11(12(16)17)15-13(18)14-10-6-5-8(2)7-10/h8-11H,4-7H2,1-3H3,(H,16,17)(H2,14,15,18)/t8?,9?,10?,11-/m0/s1. The molecule has 5 nitrogen and oxygen atoms in total. The minimum Gasteiger partial charge on any atom is -0.480 e. The van der Waals surface area contributed by atoms with E-state index < -0.39 is 12.0 Å². The van der Waals surface area contributed by atoms with Gasteiger partial charge in [-0.2, -0.15) is 0 Å². The first-order valence-corrected chi connectivity index (χ1v) is 6.73. The molecule has 0 aromatic rings. The van der Waals surface area contributed by atoms with Gasteiger partial charge in [0.05, 0.1) is 0 Å². The van der Waals surface area contributed by atoms with Crippen LogP contribution in [0, 0.1) is 11.8 Å². The molecule has 0 bridgehead atoms. The first-order chi connectivity index (χ1) is 8.43. The van der Waals surface area contributed by atoms with E-state index in [1.165, 1.54) is 0 Å². The molecule has 1 fully saturated rings. The summed E-state index contributed by atoms with van der Waals surface area (Å²) in [6, 6.07) is -0.984. The highest BCUT2D eigenvalue weighted by Crippen LogP contribution is 2.24. The Labute approximate surface area is 108 Å². The van der Waals surface area contributed by atoms with Crippen LogP contribution in [0.1, 0.15) is 46.5 Å². The van der Waals surface area contributed by atoms with Crippen LogP contribution >= 0.6 is 0 Å². The van der Waals surface area contributed by atoms with E-state index in [9.17, 15) is 9.59 Å². The van der Waals surface area contributed by atoms with Crippen molar-refractivity contribution in [3.8, 4) is 0 Å². The van der Waals surface area contributed by atoms with E-state index in [1.54, 1.807) is 0 Å². The van der Waals surface area contributed by atoms with Gasteiger partial charge in [-0.25, -0.2) is 9.59 Å². The van der Waals surface area contributed by atoms with Gasteiger partial charge in [0.15, 0.2) is 0 Å².